The van der Waals surface area contributed by atoms with Crippen LogP contribution in [-0.4, -0.2) is 30.6 Å². The van der Waals surface area contributed by atoms with E-state index in [0.717, 1.165) is 11.1 Å². The molecule has 0 aliphatic heterocycles. The number of ether oxygens (including phenoxy) is 1. The first-order chi connectivity index (χ1) is 12.0. The van der Waals surface area contributed by atoms with Crippen LogP contribution in [0.5, 0.6) is 5.75 Å². The van der Waals surface area contributed by atoms with Gasteiger partial charge in [0.25, 0.3) is 5.91 Å². The predicted octanol–water partition coefficient (Wildman–Crippen LogP) is 1.61. The van der Waals surface area contributed by atoms with Crippen molar-refractivity contribution in [2.24, 2.45) is 11.7 Å². The molecule has 2 aromatic carbocycles. The van der Waals surface area contributed by atoms with Crippen LogP contribution in [0.1, 0.15) is 21.5 Å². The molecule has 4 N–H and O–H groups in total. The quantitative estimate of drug-likeness (QED) is 0.664. The van der Waals surface area contributed by atoms with Gasteiger partial charge in [0.2, 0.25) is 0 Å². The molecule has 25 heavy (non-hydrogen) atoms. The molecule has 0 spiro atoms. The standard InChI is InChI=1S/C19H22N2O4/c1-25-19(24)16(10-13-4-8-17(22)9-5-13)12-21-18(23)15-6-2-14(11-20)3-7-15/h2-9,16,22H,10-12,20H2,1H3,(H,21,23). The van der Waals surface area contributed by atoms with Crippen LogP contribution in [0.4, 0.5) is 0 Å². The van der Waals surface area contributed by atoms with Crippen molar-refractivity contribution in [2.45, 2.75) is 13.0 Å². The second kappa shape index (κ2) is 8.84. The molecule has 0 aromatic heterocycles. The Hall–Kier alpha value is -2.86. The molecule has 0 aliphatic carbocycles. The van der Waals surface area contributed by atoms with Gasteiger partial charge in [-0.1, -0.05) is 24.3 Å². The Bertz CT molecular complexity index is 711. The van der Waals surface area contributed by atoms with Crippen molar-refractivity contribution in [1.29, 1.82) is 0 Å². The van der Waals surface area contributed by atoms with Crippen molar-refractivity contribution >= 4 is 11.9 Å². The zero-order chi connectivity index (χ0) is 18.2. The molecule has 1 unspecified atom stereocenters. The van der Waals surface area contributed by atoms with Gasteiger partial charge in [0.05, 0.1) is 13.0 Å². The van der Waals surface area contributed by atoms with Crippen molar-refractivity contribution in [1.82, 2.24) is 5.32 Å². The van der Waals surface area contributed by atoms with Crippen molar-refractivity contribution in [3.63, 3.8) is 0 Å². The van der Waals surface area contributed by atoms with Crippen molar-refractivity contribution in [2.75, 3.05) is 13.7 Å². The normalized spacial score (nSPS) is 11.6. The minimum Gasteiger partial charge on any atom is -0.508 e. The van der Waals surface area contributed by atoms with Gasteiger partial charge in [-0.3, -0.25) is 9.59 Å². The van der Waals surface area contributed by atoms with Gasteiger partial charge < -0.3 is 20.9 Å². The average molecular weight is 342 g/mol. The average Bonchev–Trinajstić information content (AvgIpc) is 2.65. The van der Waals surface area contributed by atoms with Crippen LogP contribution >= 0.6 is 0 Å². The number of aromatic hydroxyl groups is 1. The van der Waals surface area contributed by atoms with Crippen molar-refractivity contribution < 1.29 is 19.4 Å². The number of rotatable bonds is 7. The van der Waals surface area contributed by atoms with E-state index in [-0.39, 0.29) is 18.2 Å². The fourth-order valence-electron chi connectivity index (χ4n) is 2.43. The summed E-state index contributed by atoms with van der Waals surface area (Å²) in [4.78, 5) is 24.2. The lowest BCUT2D eigenvalue weighted by molar-refractivity contribution is -0.145. The zero-order valence-electron chi connectivity index (χ0n) is 14.1. The Labute approximate surface area is 146 Å². The Kier molecular flexibility index (Phi) is 6.54. The fraction of sp³-hybridized carbons (Fsp3) is 0.263. The van der Waals surface area contributed by atoms with Gasteiger partial charge in [0.15, 0.2) is 0 Å². The van der Waals surface area contributed by atoms with Crippen LogP contribution in [-0.2, 0) is 22.5 Å². The number of nitrogens with one attached hydrogen (secondary N) is 1. The van der Waals surface area contributed by atoms with E-state index in [1.165, 1.54) is 7.11 Å². The van der Waals surface area contributed by atoms with E-state index in [1.807, 2.05) is 0 Å². The highest BCUT2D eigenvalue weighted by Gasteiger charge is 2.21. The topological polar surface area (TPSA) is 102 Å². The van der Waals surface area contributed by atoms with Crippen LogP contribution < -0.4 is 11.1 Å². The van der Waals surface area contributed by atoms with Gasteiger partial charge in [0.1, 0.15) is 5.75 Å². The third-order valence-electron chi connectivity index (χ3n) is 3.91. The summed E-state index contributed by atoms with van der Waals surface area (Å²) in [6, 6.07) is 13.6. The van der Waals surface area contributed by atoms with E-state index in [0.29, 0.717) is 18.5 Å². The molecule has 6 nitrogen and oxygen atoms in total. The maximum atomic E-state index is 12.2. The molecule has 0 heterocycles. The Balaban J connectivity index is 2.00. The number of hydrogen-bond donors (Lipinski definition) is 3. The molecule has 0 saturated carbocycles. The Morgan fingerprint density at radius 2 is 1.68 bits per heavy atom. The highest BCUT2D eigenvalue weighted by Crippen LogP contribution is 2.14. The van der Waals surface area contributed by atoms with Crippen LogP contribution in [0.2, 0.25) is 0 Å². The third kappa shape index (κ3) is 5.32. The summed E-state index contributed by atoms with van der Waals surface area (Å²) < 4.78 is 4.82. The molecule has 0 radical (unpaired) electrons. The van der Waals surface area contributed by atoms with Crippen molar-refractivity contribution in [3.05, 3.63) is 65.2 Å². The Morgan fingerprint density at radius 3 is 2.24 bits per heavy atom. The monoisotopic (exact) mass is 342 g/mol. The first-order valence-corrected chi connectivity index (χ1v) is 7.96. The van der Waals surface area contributed by atoms with E-state index in [9.17, 15) is 14.7 Å². The summed E-state index contributed by atoms with van der Waals surface area (Å²) in [6.07, 6.45) is 0.402. The number of esters is 1. The molecule has 132 valence electrons. The molecule has 0 fully saturated rings. The number of nitrogens with two attached hydrogens (primary N) is 1. The van der Waals surface area contributed by atoms with Crippen LogP contribution in [0, 0.1) is 5.92 Å². The van der Waals surface area contributed by atoms with Gasteiger partial charge >= 0.3 is 5.97 Å². The lowest BCUT2D eigenvalue weighted by Crippen LogP contribution is -2.34. The number of phenolic OH excluding ortho intramolecular Hbond substituents is 1. The summed E-state index contributed by atoms with van der Waals surface area (Å²) in [7, 11) is 1.32. The van der Waals surface area contributed by atoms with Crippen LogP contribution in [0.15, 0.2) is 48.5 Å². The van der Waals surface area contributed by atoms with Gasteiger partial charge in [-0.2, -0.15) is 0 Å². The summed E-state index contributed by atoms with van der Waals surface area (Å²) in [6.45, 7) is 0.573. The third-order valence-corrected chi connectivity index (χ3v) is 3.91. The number of phenols is 1. The molecule has 0 bridgehead atoms. The summed E-state index contributed by atoms with van der Waals surface area (Å²) in [5.74, 6) is -1.01. The molecule has 2 rings (SSSR count). The highest BCUT2D eigenvalue weighted by molar-refractivity contribution is 5.94. The van der Waals surface area contributed by atoms with Crippen molar-refractivity contribution in [3.8, 4) is 5.75 Å². The highest BCUT2D eigenvalue weighted by atomic mass is 16.5. The smallest absolute Gasteiger partial charge is 0.310 e. The largest absolute Gasteiger partial charge is 0.508 e. The van der Waals surface area contributed by atoms with E-state index in [1.54, 1.807) is 48.5 Å². The second-order valence-electron chi connectivity index (χ2n) is 5.70. The second-order valence-corrected chi connectivity index (χ2v) is 5.70. The fourth-order valence-corrected chi connectivity index (χ4v) is 2.43. The first kappa shape index (κ1) is 18.5. The number of carbonyl (C=O) groups excluding carboxylic acids is 2. The molecule has 6 heteroatoms. The summed E-state index contributed by atoms with van der Waals surface area (Å²) in [5, 5.41) is 12.1. The molecular weight excluding hydrogens is 320 g/mol. The minimum atomic E-state index is -0.512. The molecule has 1 atom stereocenters. The maximum Gasteiger partial charge on any atom is 0.310 e. The predicted molar refractivity (Wildman–Crippen MR) is 94.0 cm³/mol. The van der Waals surface area contributed by atoms with E-state index >= 15 is 0 Å². The number of amides is 1. The van der Waals surface area contributed by atoms with Crippen LogP contribution in [0.3, 0.4) is 0 Å². The zero-order valence-corrected chi connectivity index (χ0v) is 14.1. The number of carbonyl (C=O) groups is 2. The number of hydrogen-bond acceptors (Lipinski definition) is 5. The van der Waals surface area contributed by atoms with Gasteiger partial charge in [-0.25, -0.2) is 0 Å². The molecule has 0 aliphatic rings. The first-order valence-electron chi connectivity index (χ1n) is 7.96. The molecule has 0 saturated heterocycles. The van der Waals surface area contributed by atoms with Crippen LogP contribution in [0.25, 0.3) is 0 Å². The SMILES string of the molecule is COC(=O)C(CNC(=O)c1ccc(CN)cc1)Cc1ccc(O)cc1. The number of methoxy groups -OCH3 is 1. The minimum absolute atomic E-state index is 0.158. The lowest BCUT2D eigenvalue weighted by atomic mass is 9.99. The molecular formula is C19H22N2O4. The number of benzene rings is 2. The van der Waals surface area contributed by atoms with Gasteiger partial charge in [0, 0.05) is 18.7 Å². The van der Waals surface area contributed by atoms with Gasteiger partial charge in [-0.15, -0.1) is 0 Å². The van der Waals surface area contributed by atoms with E-state index in [4.69, 9.17) is 10.5 Å². The Morgan fingerprint density at radius 1 is 1.08 bits per heavy atom. The molecule has 2 aromatic rings. The summed E-state index contributed by atoms with van der Waals surface area (Å²) in [5.41, 5.74) is 7.85. The maximum absolute atomic E-state index is 12.2. The van der Waals surface area contributed by atoms with E-state index < -0.39 is 11.9 Å². The lowest BCUT2D eigenvalue weighted by Gasteiger charge is -2.16. The summed E-state index contributed by atoms with van der Waals surface area (Å²) >= 11 is 0. The van der Waals surface area contributed by atoms with Gasteiger partial charge in [-0.05, 0) is 41.8 Å². The molecule has 1 amide bonds. The van der Waals surface area contributed by atoms with E-state index in [2.05, 4.69) is 5.32 Å².